The molecule has 1 amide bonds. The third-order valence-corrected chi connectivity index (χ3v) is 6.11. The van der Waals surface area contributed by atoms with Gasteiger partial charge in [0.1, 0.15) is 17.9 Å². The van der Waals surface area contributed by atoms with Gasteiger partial charge in [-0.1, -0.05) is 11.8 Å². The zero-order chi connectivity index (χ0) is 20.8. The number of nitrogens with two attached hydrogens (primary N) is 1. The Morgan fingerprint density at radius 1 is 1.38 bits per heavy atom. The molecule has 2 aliphatic rings. The number of nitrogens with one attached hydrogen (secondary N) is 1. The molecule has 1 aromatic heterocycles. The Labute approximate surface area is 168 Å². The summed E-state index contributed by atoms with van der Waals surface area (Å²) in [4.78, 5) is 24.3. The Morgan fingerprint density at radius 3 is 2.83 bits per heavy atom. The topological polar surface area (TPSA) is 102 Å². The van der Waals surface area contributed by atoms with Crippen LogP contribution in [0.4, 0.5) is 18.9 Å². The Bertz CT molecular complexity index is 1000. The SMILES string of the molecule is COc1cnc(C(=O)Nc2cc(F)c(F)c([C@@]3(CF)N=C(N)SC4C[C@H]43)c2)cn1. The van der Waals surface area contributed by atoms with E-state index < -0.39 is 29.8 Å². The summed E-state index contributed by atoms with van der Waals surface area (Å²) in [5.74, 6) is -3.21. The minimum Gasteiger partial charge on any atom is -0.480 e. The van der Waals surface area contributed by atoms with Gasteiger partial charge in [-0.15, -0.1) is 0 Å². The molecule has 3 N–H and O–H groups in total. The molecule has 0 spiro atoms. The smallest absolute Gasteiger partial charge is 0.275 e. The van der Waals surface area contributed by atoms with Gasteiger partial charge >= 0.3 is 0 Å². The molecule has 152 valence electrons. The van der Waals surface area contributed by atoms with Crippen LogP contribution in [0.15, 0.2) is 29.5 Å². The summed E-state index contributed by atoms with van der Waals surface area (Å²) in [5.41, 5.74) is 3.79. The number of ether oxygens (including phenoxy) is 1. The van der Waals surface area contributed by atoms with Crippen molar-refractivity contribution in [2.45, 2.75) is 17.2 Å². The molecule has 2 heterocycles. The summed E-state index contributed by atoms with van der Waals surface area (Å²) < 4.78 is 48.0. The highest BCUT2D eigenvalue weighted by Gasteiger charge is 2.58. The first-order valence-electron chi connectivity index (χ1n) is 8.63. The zero-order valence-corrected chi connectivity index (χ0v) is 16.0. The van der Waals surface area contributed by atoms with Gasteiger partial charge in [0.2, 0.25) is 5.88 Å². The number of alkyl halides is 1. The number of carbonyl (C=O) groups is 1. The van der Waals surface area contributed by atoms with Crippen molar-refractivity contribution in [3.05, 3.63) is 47.4 Å². The van der Waals surface area contributed by atoms with Gasteiger partial charge in [-0.25, -0.2) is 28.1 Å². The first-order valence-corrected chi connectivity index (χ1v) is 9.50. The van der Waals surface area contributed by atoms with Gasteiger partial charge in [0, 0.05) is 28.5 Å². The number of aliphatic imine (C=N–C) groups is 1. The number of methoxy groups -OCH3 is 1. The van der Waals surface area contributed by atoms with E-state index in [0.29, 0.717) is 6.42 Å². The van der Waals surface area contributed by atoms with Gasteiger partial charge in [-0.3, -0.25) is 4.79 Å². The van der Waals surface area contributed by atoms with Crippen LogP contribution in [-0.4, -0.2) is 40.1 Å². The zero-order valence-electron chi connectivity index (χ0n) is 15.2. The summed E-state index contributed by atoms with van der Waals surface area (Å²) in [5, 5.41) is 2.57. The lowest BCUT2D eigenvalue weighted by atomic mass is 9.85. The normalized spacial score (nSPS) is 25.0. The van der Waals surface area contributed by atoms with Crippen molar-refractivity contribution in [3.63, 3.8) is 0 Å². The van der Waals surface area contributed by atoms with Gasteiger partial charge in [0.25, 0.3) is 5.91 Å². The third-order valence-electron chi connectivity index (χ3n) is 4.95. The molecule has 0 bridgehead atoms. The minimum atomic E-state index is -1.61. The number of amidine groups is 1. The molecule has 2 aromatic rings. The van der Waals surface area contributed by atoms with E-state index in [4.69, 9.17) is 10.5 Å². The van der Waals surface area contributed by atoms with E-state index in [-0.39, 0.29) is 39.2 Å². The van der Waals surface area contributed by atoms with E-state index in [1.165, 1.54) is 37.3 Å². The Kier molecular flexibility index (Phi) is 4.85. The minimum absolute atomic E-state index is 0.0125. The second-order valence-electron chi connectivity index (χ2n) is 6.72. The number of thioether (sulfide) groups is 1. The summed E-state index contributed by atoms with van der Waals surface area (Å²) in [6.07, 6.45) is 3.02. The van der Waals surface area contributed by atoms with Crippen LogP contribution in [0.2, 0.25) is 0 Å². The largest absolute Gasteiger partial charge is 0.480 e. The quantitative estimate of drug-likeness (QED) is 0.767. The van der Waals surface area contributed by atoms with E-state index in [1.54, 1.807) is 0 Å². The standard InChI is InChI=1S/C18H16F3N5O2S/c1-28-14-6-23-12(5-24-14)16(27)25-8-2-10(15(21)11(20)3-8)18(7-19)9-4-13(9)29-17(22)26-18/h2-3,5-6,9,13H,4,7H2,1H3,(H2,22,26)(H,25,27)/t9-,13?,18+/m1/s1. The molecule has 1 aliphatic heterocycles. The van der Waals surface area contributed by atoms with Crippen molar-refractivity contribution in [2.75, 3.05) is 19.1 Å². The van der Waals surface area contributed by atoms with E-state index in [1.807, 2.05) is 0 Å². The Morgan fingerprint density at radius 2 is 2.17 bits per heavy atom. The van der Waals surface area contributed by atoms with Crippen LogP contribution < -0.4 is 15.8 Å². The van der Waals surface area contributed by atoms with Crippen LogP contribution >= 0.6 is 11.8 Å². The number of benzene rings is 1. The molecule has 7 nitrogen and oxygen atoms in total. The molecule has 1 unspecified atom stereocenters. The maximum absolute atomic E-state index is 14.7. The van der Waals surface area contributed by atoms with Crippen molar-refractivity contribution in [3.8, 4) is 5.88 Å². The van der Waals surface area contributed by atoms with Crippen molar-refractivity contribution in [1.82, 2.24) is 9.97 Å². The van der Waals surface area contributed by atoms with Gasteiger partial charge in [-0.2, -0.15) is 0 Å². The van der Waals surface area contributed by atoms with Crippen LogP contribution in [-0.2, 0) is 5.54 Å². The highest BCUT2D eigenvalue weighted by Crippen LogP contribution is 2.58. The molecule has 1 saturated carbocycles. The summed E-state index contributed by atoms with van der Waals surface area (Å²) in [6.45, 7) is -1.03. The van der Waals surface area contributed by atoms with Crippen LogP contribution in [0, 0.1) is 17.6 Å². The maximum atomic E-state index is 14.7. The summed E-state index contributed by atoms with van der Waals surface area (Å²) in [7, 11) is 1.40. The maximum Gasteiger partial charge on any atom is 0.275 e. The molecule has 1 fully saturated rings. The predicted molar refractivity (Wildman–Crippen MR) is 102 cm³/mol. The Balaban J connectivity index is 1.69. The number of anilines is 1. The van der Waals surface area contributed by atoms with Crippen molar-refractivity contribution in [2.24, 2.45) is 16.6 Å². The fourth-order valence-corrected chi connectivity index (χ4v) is 4.66. The molecule has 3 atom stereocenters. The molecular formula is C18H16F3N5O2S. The lowest BCUT2D eigenvalue weighted by Crippen LogP contribution is -2.37. The fourth-order valence-electron chi connectivity index (χ4n) is 3.44. The lowest BCUT2D eigenvalue weighted by Gasteiger charge is -2.31. The summed E-state index contributed by atoms with van der Waals surface area (Å²) in [6, 6.07) is 2.00. The van der Waals surface area contributed by atoms with E-state index >= 15 is 0 Å². The average Bonchev–Trinajstić information content (AvgIpc) is 3.49. The number of hydrogen-bond donors (Lipinski definition) is 2. The second-order valence-corrected chi connectivity index (χ2v) is 7.98. The molecule has 11 heteroatoms. The van der Waals surface area contributed by atoms with Crippen LogP contribution in [0.1, 0.15) is 22.5 Å². The average molecular weight is 423 g/mol. The van der Waals surface area contributed by atoms with Crippen molar-refractivity contribution >= 4 is 28.5 Å². The van der Waals surface area contributed by atoms with Crippen LogP contribution in [0.5, 0.6) is 5.88 Å². The van der Waals surface area contributed by atoms with Crippen molar-refractivity contribution in [1.29, 1.82) is 0 Å². The van der Waals surface area contributed by atoms with Gasteiger partial charge in [-0.05, 0) is 12.5 Å². The first kappa shape index (κ1) is 19.5. The van der Waals surface area contributed by atoms with Crippen LogP contribution in [0.25, 0.3) is 0 Å². The highest BCUT2D eigenvalue weighted by atomic mass is 32.2. The Hall–Kier alpha value is -2.82. The lowest BCUT2D eigenvalue weighted by molar-refractivity contribution is 0.102. The fraction of sp³-hybridized carbons (Fsp3) is 0.333. The molecule has 0 radical (unpaired) electrons. The van der Waals surface area contributed by atoms with Gasteiger partial charge in [0.05, 0.1) is 19.5 Å². The molecule has 1 aliphatic carbocycles. The van der Waals surface area contributed by atoms with Gasteiger partial charge < -0.3 is 15.8 Å². The third kappa shape index (κ3) is 3.39. The monoisotopic (exact) mass is 423 g/mol. The number of hydrogen-bond acceptors (Lipinski definition) is 7. The van der Waals surface area contributed by atoms with E-state index in [9.17, 15) is 18.0 Å². The molecule has 1 aromatic carbocycles. The molecule has 4 rings (SSSR count). The number of halogens is 3. The highest BCUT2D eigenvalue weighted by molar-refractivity contribution is 8.14. The molecule has 0 saturated heterocycles. The number of aromatic nitrogens is 2. The number of fused-ring (bicyclic) bond motifs is 1. The van der Waals surface area contributed by atoms with E-state index in [2.05, 4.69) is 20.3 Å². The van der Waals surface area contributed by atoms with E-state index in [0.717, 1.165) is 6.07 Å². The number of carbonyl (C=O) groups excluding carboxylic acids is 1. The molecular weight excluding hydrogens is 407 g/mol. The molecule has 29 heavy (non-hydrogen) atoms. The first-order chi connectivity index (χ1) is 13.9. The number of rotatable bonds is 5. The predicted octanol–water partition coefficient (Wildman–Crippen LogP) is 2.63. The van der Waals surface area contributed by atoms with Gasteiger partial charge in [0.15, 0.2) is 16.8 Å². The summed E-state index contributed by atoms with van der Waals surface area (Å²) >= 11 is 1.30. The van der Waals surface area contributed by atoms with Crippen molar-refractivity contribution < 1.29 is 22.7 Å². The second kappa shape index (κ2) is 7.21. The number of nitrogens with zero attached hydrogens (tertiary/aromatic N) is 3. The van der Waals surface area contributed by atoms with Crippen LogP contribution in [0.3, 0.4) is 0 Å². The number of amides is 1.